The molecule has 0 bridgehead atoms. The van der Waals surface area contributed by atoms with Gasteiger partial charge in [-0.05, 0) is 36.4 Å². The number of rotatable bonds is 3. The molecule has 5 nitrogen and oxygen atoms in total. The zero-order valence-electron chi connectivity index (χ0n) is 14.1. The SMILES string of the molecule is CC(=O)Nc1cccc(NC(=O)Nc2cc(C(F)(F)F)cc(C(F)(F)F)c2)c1. The summed E-state index contributed by atoms with van der Waals surface area (Å²) >= 11 is 0. The second-order valence-corrected chi connectivity index (χ2v) is 5.64. The van der Waals surface area contributed by atoms with Crippen molar-refractivity contribution in [1.82, 2.24) is 0 Å². The third-order valence-corrected chi connectivity index (χ3v) is 3.29. The number of urea groups is 1. The van der Waals surface area contributed by atoms with Gasteiger partial charge in [0.2, 0.25) is 5.91 Å². The minimum atomic E-state index is -5.03. The molecule has 0 atom stereocenters. The van der Waals surface area contributed by atoms with Crippen molar-refractivity contribution in [2.75, 3.05) is 16.0 Å². The largest absolute Gasteiger partial charge is 0.416 e. The lowest BCUT2D eigenvalue weighted by atomic mass is 10.1. The lowest BCUT2D eigenvalue weighted by Gasteiger charge is -2.15. The molecule has 3 amide bonds. The predicted molar refractivity (Wildman–Crippen MR) is 89.8 cm³/mol. The second-order valence-electron chi connectivity index (χ2n) is 5.64. The summed E-state index contributed by atoms with van der Waals surface area (Å²) in [5.41, 5.74) is -3.29. The van der Waals surface area contributed by atoms with E-state index in [0.717, 1.165) is 0 Å². The standard InChI is InChI=1S/C17H13F6N3O2/c1-9(27)24-12-3-2-4-13(8-12)25-15(28)26-14-6-10(16(18,19)20)5-11(7-14)17(21,22)23/h2-8H,1H3,(H,24,27)(H2,25,26,28). The summed E-state index contributed by atoms with van der Waals surface area (Å²) in [5, 5.41) is 6.65. The first-order valence-electron chi connectivity index (χ1n) is 7.60. The average molecular weight is 405 g/mol. The number of hydrogen-bond donors (Lipinski definition) is 3. The highest BCUT2D eigenvalue weighted by Crippen LogP contribution is 2.37. The first kappa shape index (κ1) is 21.1. The number of carbonyl (C=O) groups is 2. The molecule has 0 unspecified atom stereocenters. The van der Waals surface area contributed by atoms with Crippen molar-refractivity contribution in [2.24, 2.45) is 0 Å². The van der Waals surface area contributed by atoms with Gasteiger partial charge in [-0.2, -0.15) is 26.3 Å². The smallest absolute Gasteiger partial charge is 0.326 e. The molecule has 0 spiro atoms. The van der Waals surface area contributed by atoms with Crippen LogP contribution in [0.5, 0.6) is 0 Å². The van der Waals surface area contributed by atoms with E-state index in [-0.39, 0.29) is 17.7 Å². The van der Waals surface area contributed by atoms with Crippen molar-refractivity contribution in [2.45, 2.75) is 19.3 Å². The summed E-state index contributed by atoms with van der Waals surface area (Å²) in [4.78, 5) is 23.0. The topological polar surface area (TPSA) is 70.2 Å². The van der Waals surface area contributed by atoms with Crippen LogP contribution in [-0.4, -0.2) is 11.9 Å². The molecule has 0 saturated carbocycles. The fraction of sp³-hybridized carbons (Fsp3) is 0.176. The number of halogens is 6. The Balaban J connectivity index is 2.22. The van der Waals surface area contributed by atoms with Gasteiger partial charge in [0.25, 0.3) is 0 Å². The first-order valence-corrected chi connectivity index (χ1v) is 7.60. The Morgan fingerprint density at radius 3 is 1.64 bits per heavy atom. The van der Waals surface area contributed by atoms with Crippen LogP contribution in [0.2, 0.25) is 0 Å². The van der Waals surface area contributed by atoms with Crippen molar-refractivity contribution in [3.63, 3.8) is 0 Å². The molecular formula is C17H13F6N3O2. The van der Waals surface area contributed by atoms with Gasteiger partial charge in [-0.25, -0.2) is 4.79 Å². The van der Waals surface area contributed by atoms with E-state index in [9.17, 15) is 35.9 Å². The Labute approximate surface area is 154 Å². The molecule has 0 aromatic heterocycles. The molecule has 2 aromatic carbocycles. The molecule has 0 radical (unpaired) electrons. The normalized spacial score (nSPS) is 11.7. The highest BCUT2D eigenvalue weighted by atomic mass is 19.4. The van der Waals surface area contributed by atoms with Crippen molar-refractivity contribution < 1.29 is 35.9 Å². The summed E-state index contributed by atoms with van der Waals surface area (Å²) in [6.45, 7) is 1.26. The monoisotopic (exact) mass is 405 g/mol. The van der Waals surface area contributed by atoms with E-state index in [1.165, 1.54) is 31.2 Å². The third-order valence-electron chi connectivity index (χ3n) is 3.29. The van der Waals surface area contributed by atoms with Gasteiger partial charge >= 0.3 is 18.4 Å². The molecule has 0 heterocycles. The maximum Gasteiger partial charge on any atom is 0.416 e. The molecule has 2 rings (SSSR count). The van der Waals surface area contributed by atoms with Gasteiger partial charge in [-0.15, -0.1) is 0 Å². The van der Waals surface area contributed by atoms with Crippen LogP contribution in [0.4, 0.5) is 48.2 Å². The maximum absolute atomic E-state index is 12.8. The number of nitrogens with one attached hydrogen (secondary N) is 3. The molecule has 0 aliphatic heterocycles. The Morgan fingerprint density at radius 2 is 1.18 bits per heavy atom. The highest BCUT2D eigenvalue weighted by Gasteiger charge is 2.37. The van der Waals surface area contributed by atoms with E-state index in [1.54, 1.807) is 0 Å². The van der Waals surface area contributed by atoms with Gasteiger partial charge in [0.1, 0.15) is 0 Å². The van der Waals surface area contributed by atoms with Gasteiger partial charge in [0.05, 0.1) is 11.1 Å². The number of carbonyl (C=O) groups excluding carboxylic acids is 2. The van der Waals surface area contributed by atoms with Crippen molar-refractivity contribution >= 4 is 29.0 Å². The Bertz CT molecular complexity index is 861. The molecule has 28 heavy (non-hydrogen) atoms. The summed E-state index contributed by atoms with van der Waals surface area (Å²) < 4.78 is 77.0. The van der Waals surface area contributed by atoms with Crippen molar-refractivity contribution in [3.05, 3.63) is 53.6 Å². The Kier molecular flexibility index (Phi) is 5.86. The molecule has 0 fully saturated rings. The van der Waals surface area contributed by atoms with E-state index in [1.807, 2.05) is 5.32 Å². The zero-order valence-corrected chi connectivity index (χ0v) is 14.1. The minimum Gasteiger partial charge on any atom is -0.326 e. The molecule has 0 aliphatic carbocycles. The average Bonchev–Trinajstić information content (AvgIpc) is 2.52. The van der Waals surface area contributed by atoms with E-state index in [2.05, 4.69) is 10.6 Å². The number of benzene rings is 2. The van der Waals surface area contributed by atoms with Gasteiger partial charge in [0.15, 0.2) is 0 Å². The molecule has 11 heteroatoms. The molecule has 2 aromatic rings. The summed E-state index contributed by atoms with van der Waals surface area (Å²) in [6.07, 6.45) is -10.1. The number of anilines is 3. The van der Waals surface area contributed by atoms with E-state index in [4.69, 9.17) is 0 Å². The van der Waals surface area contributed by atoms with Crippen LogP contribution in [-0.2, 0) is 17.1 Å². The van der Waals surface area contributed by atoms with E-state index < -0.39 is 35.2 Å². The minimum absolute atomic E-state index is 0.0417. The fourth-order valence-electron chi connectivity index (χ4n) is 2.20. The molecular weight excluding hydrogens is 392 g/mol. The highest BCUT2D eigenvalue weighted by molar-refractivity contribution is 6.00. The summed E-state index contributed by atoms with van der Waals surface area (Å²) in [7, 11) is 0. The van der Waals surface area contributed by atoms with Crippen LogP contribution < -0.4 is 16.0 Å². The van der Waals surface area contributed by atoms with Crippen LogP contribution in [0.1, 0.15) is 18.1 Å². The van der Waals surface area contributed by atoms with Crippen LogP contribution in [0.3, 0.4) is 0 Å². The fourth-order valence-corrected chi connectivity index (χ4v) is 2.20. The molecule has 0 aliphatic rings. The maximum atomic E-state index is 12.8. The summed E-state index contributed by atoms with van der Waals surface area (Å²) in [6, 6.07) is 5.45. The quantitative estimate of drug-likeness (QED) is 0.605. The Morgan fingerprint density at radius 1 is 0.714 bits per heavy atom. The molecule has 150 valence electrons. The third kappa shape index (κ3) is 5.89. The van der Waals surface area contributed by atoms with Crippen molar-refractivity contribution in [1.29, 1.82) is 0 Å². The predicted octanol–water partition coefficient (Wildman–Crippen LogP) is 5.33. The molecule has 0 saturated heterocycles. The number of alkyl halides is 6. The van der Waals surface area contributed by atoms with Gasteiger partial charge < -0.3 is 16.0 Å². The molecule has 3 N–H and O–H groups in total. The van der Waals surface area contributed by atoms with Crippen molar-refractivity contribution in [3.8, 4) is 0 Å². The summed E-state index contributed by atoms with van der Waals surface area (Å²) in [5.74, 6) is -0.370. The van der Waals surface area contributed by atoms with Gasteiger partial charge in [-0.1, -0.05) is 6.07 Å². The Hall–Kier alpha value is -3.24. The van der Waals surface area contributed by atoms with Crippen LogP contribution in [0, 0.1) is 0 Å². The van der Waals surface area contributed by atoms with E-state index in [0.29, 0.717) is 17.8 Å². The van der Waals surface area contributed by atoms with Crippen LogP contribution >= 0.6 is 0 Å². The lowest BCUT2D eigenvalue weighted by Crippen LogP contribution is -2.21. The second kappa shape index (κ2) is 7.79. The van der Waals surface area contributed by atoms with E-state index >= 15 is 0 Å². The number of amides is 3. The number of hydrogen-bond acceptors (Lipinski definition) is 2. The first-order chi connectivity index (χ1) is 12.8. The van der Waals surface area contributed by atoms with Crippen LogP contribution in [0.25, 0.3) is 0 Å². The zero-order chi connectivity index (χ0) is 21.1. The lowest BCUT2D eigenvalue weighted by molar-refractivity contribution is -0.143. The van der Waals surface area contributed by atoms with Gasteiger partial charge in [-0.3, -0.25) is 4.79 Å². The van der Waals surface area contributed by atoms with Gasteiger partial charge in [0, 0.05) is 24.0 Å². The van der Waals surface area contributed by atoms with Crippen LogP contribution in [0.15, 0.2) is 42.5 Å².